The van der Waals surface area contributed by atoms with Crippen LogP contribution in [0.25, 0.3) is 0 Å². The first-order chi connectivity index (χ1) is 5.49. The number of hydrogen-bond acceptors (Lipinski definition) is 1. The molecule has 0 saturated carbocycles. The molecule has 1 aliphatic rings. The van der Waals surface area contributed by atoms with E-state index in [0.29, 0.717) is 5.92 Å². The molecular formula is C10H13BrO. The summed E-state index contributed by atoms with van der Waals surface area (Å²) in [5.41, 5.74) is -0.835. The minimum Gasteiger partial charge on any atom is -0.382 e. The van der Waals surface area contributed by atoms with Crippen molar-refractivity contribution in [3.05, 3.63) is 34.9 Å². The molecule has 0 saturated heterocycles. The second-order valence-electron chi connectivity index (χ2n) is 3.33. The Morgan fingerprint density at radius 3 is 2.83 bits per heavy atom. The van der Waals surface area contributed by atoms with E-state index in [0.717, 1.165) is 4.48 Å². The van der Waals surface area contributed by atoms with Crippen molar-refractivity contribution >= 4 is 15.9 Å². The van der Waals surface area contributed by atoms with Crippen molar-refractivity contribution in [2.24, 2.45) is 5.92 Å². The molecule has 0 aromatic heterocycles. The van der Waals surface area contributed by atoms with Crippen molar-refractivity contribution in [1.82, 2.24) is 0 Å². The Morgan fingerprint density at radius 2 is 2.17 bits per heavy atom. The van der Waals surface area contributed by atoms with Crippen LogP contribution in [0.15, 0.2) is 34.9 Å². The number of aliphatic hydroxyl groups is 1. The first kappa shape index (κ1) is 9.75. The second kappa shape index (κ2) is 3.58. The summed E-state index contributed by atoms with van der Waals surface area (Å²) in [7, 11) is 0. The molecule has 0 aliphatic heterocycles. The monoisotopic (exact) mass is 228 g/mol. The molecule has 0 aromatic carbocycles. The van der Waals surface area contributed by atoms with Crippen molar-refractivity contribution in [2.75, 3.05) is 0 Å². The van der Waals surface area contributed by atoms with E-state index < -0.39 is 5.60 Å². The lowest BCUT2D eigenvalue weighted by atomic mass is 10.00. The molecule has 0 bridgehead atoms. The van der Waals surface area contributed by atoms with Gasteiger partial charge in [0.05, 0.1) is 5.60 Å². The third kappa shape index (κ3) is 2.95. The highest BCUT2D eigenvalue weighted by molar-refractivity contribution is 9.11. The maximum atomic E-state index is 9.74. The zero-order valence-electron chi connectivity index (χ0n) is 7.29. The normalized spacial score (nSPS) is 42.7. The van der Waals surface area contributed by atoms with Crippen LogP contribution in [0.1, 0.15) is 13.8 Å². The molecule has 0 fully saturated rings. The minimum atomic E-state index is -0.835. The Kier molecular flexibility index (Phi) is 2.91. The van der Waals surface area contributed by atoms with Crippen molar-refractivity contribution in [3.8, 4) is 0 Å². The van der Waals surface area contributed by atoms with Gasteiger partial charge in [0.25, 0.3) is 0 Å². The van der Waals surface area contributed by atoms with Gasteiger partial charge in [-0.3, -0.25) is 0 Å². The van der Waals surface area contributed by atoms with Crippen molar-refractivity contribution in [3.63, 3.8) is 0 Å². The van der Waals surface area contributed by atoms with Gasteiger partial charge in [0, 0.05) is 4.48 Å². The van der Waals surface area contributed by atoms with Gasteiger partial charge in [-0.05, 0) is 18.9 Å². The fourth-order valence-electron chi connectivity index (χ4n) is 1.03. The van der Waals surface area contributed by atoms with Crippen LogP contribution in [-0.4, -0.2) is 10.7 Å². The molecule has 1 rings (SSSR count). The van der Waals surface area contributed by atoms with E-state index in [1.54, 1.807) is 13.0 Å². The Labute approximate surface area is 81.6 Å². The van der Waals surface area contributed by atoms with Gasteiger partial charge >= 0.3 is 0 Å². The van der Waals surface area contributed by atoms with E-state index in [1.807, 2.05) is 18.2 Å². The number of hydrogen-bond donors (Lipinski definition) is 1. The van der Waals surface area contributed by atoms with E-state index in [-0.39, 0.29) is 0 Å². The van der Waals surface area contributed by atoms with Crippen LogP contribution in [0.3, 0.4) is 0 Å². The first-order valence-electron chi connectivity index (χ1n) is 3.98. The van der Waals surface area contributed by atoms with E-state index in [2.05, 4.69) is 28.9 Å². The Balaban J connectivity index is 2.98. The lowest BCUT2D eigenvalue weighted by Crippen LogP contribution is -2.18. The summed E-state index contributed by atoms with van der Waals surface area (Å²) in [5, 5.41) is 9.74. The molecule has 1 N–H and O–H groups in total. The SMILES string of the molecule is CC1C=CC(C)(O)/C=C(Br)\C=C/1. The maximum absolute atomic E-state index is 9.74. The molecule has 2 heteroatoms. The van der Waals surface area contributed by atoms with Gasteiger partial charge in [-0.2, -0.15) is 0 Å². The third-order valence-electron chi connectivity index (χ3n) is 1.73. The summed E-state index contributed by atoms with van der Waals surface area (Å²) in [4.78, 5) is 0. The van der Waals surface area contributed by atoms with Gasteiger partial charge in [0.1, 0.15) is 0 Å². The van der Waals surface area contributed by atoms with Crippen molar-refractivity contribution < 1.29 is 5.11 Å². The Bertz CT molecular complexity index is 249. The molecule has 66 valence electrons. The fraction of sp³-hybridized carbons (Fsp3) is 0.400. The lowest BCUT2D eigenvalue weighted by Gasteiger charge is -2.16. The molecule has 0 spiro atoms. The van der Waals surface area contributed by atoms with E-state index in [9.17, 15) is 5.11 Å². The summed E-state index contributed by atoms with van der Waals surface area (Å²) in [6, 6.07) is 0. The standard InChI is InChI=1S/C10H13BrO/c1-8-3-4-9(11)7-10(2,12)6-5-8/h3-8,12H,1-2H3/b4-3-,6-5?,9-7+. The minimum absolute atomic E-state index is 0.373. The van der Waals surface area contributed by atoms with Crippen molar-refractivity contribution in [2.45, 2.75) is 19.4 Å². The van der Waals surface area contributed by atoms with E-state index in [1.165, 1.54) is 0 Å². The number of halogens is 1. The van der Waals surface area contributed by atoms with Crippen LogP contribution in [0.5, 0.6) is 0 Å². The summed E-state index contributed by atoms with van der Waals surface area (Å²) in [6.07, 6.45) is 9.61. The molecule has 0 aromatic rings. The molecule has 2 unspecified atom stereocenters. The Morgan fingerprint density at radius 1 is 1.50 bits per heavy atom. The van der Waals surface area contributed by atoms with Gasteiger partial charge in [-0.25, -0.2) is 0 Å². The highest BCUT2D eigenvalue weighted by Gasteiger charge is 2.14. The van der Waals surface area contributed by atoms with Crippen LogP contribution in [0, 0.1) is 5.92 Å². The fourth-order valence-corrected chi connectivity index (χ4v) is 1.65. The molecule has 12 heavy (non-hydrogen) atoms. The molecule has 0 amide bonds. The Hall–Kier alpha value is -0.340. The topological polar surface area (TPSA) is 20.2 Å². The summed E-state index contributed by atoms with van der Waals surface area (Å²) < 4.78 is 0.920. The van der Waals surface area contributed by atoms with Crippen LogP contribution >= 0.6 is 15.9 Å². The van der Waals surface area contributed by atoms with Crippen LogP contribution in [-0.2, 0) is 0 Å². The van der Waals surface area contributed by atoms with Gasteiger partial charge in [-0.1, -0.05) is 47.2 Å². The highest BCUT2D eigenvalue weighted by atomic mass is 79.9. The molecule has 0 heterocycles. The van der Waals surface area contributed by atoms with E-state index >= 15 is 0 Å². The summed E-state index contributed by atoms with van der Waals surface area (Å²) in [5.74, 6) is 0.373. The van der Waals surface area contributed by atoms with Gasteiger partial charge in [0.2, 0.25) is 0 Å². The van der Waals surface area contributed by atoms with Gasteiger partial charge < -0.3 is 5.11 Å². The molecule has 2 atom stereocenters. The largest absolute Gasteiger partial charge is 0.382 e. The smallest absolute Gasteiger partial charge is 0.0994 e. The summed E-state index contributed by atoms with van der Waals surface area (Å²) >= 11 is 3.36. The average Bonchev–Trinajstić information content (AvgIpc) is 1.95. The first-order valence-corrected chi connectivity index (χ1v) is 4.77. The zero-order valence-corrected chi connectivity index (χ0v) is 8.88. The molecular weight excluding hydrogens is 216 g/mol. The van der Waals surface area contributed by atoms with Gasteiger partial charge in [-0.15, -0.1) is 0 Å². The third-order valence-corrected chi connectivity index (χ3v) is 2.22. The van der Waals surface area contributed by atoms with Crippen LogP contribution < -0.4 is 0 Å². The number of rotatable bonds is 0. The van der Waals surface area contributed by atoms with E-state index in [4.69, 9.17) is 0 Å². The second-order valence-corrected chi connectivity index (χ2v) is 4.25. The van der Waals surface area contributed by atoms with Gasteiger partial charge in [0.15, 0.2) is 0 Å². The van der Waals surface area contributed by atoms with Crippen LogP contribution in [0.2, 0.25) is 0 Å². The quantitative estimate of drug-likeness (QED) is 0.633. The molecule has 0 radical (unpaired) electrons. The highest BCUT2D eigenvalue weighted by Crippen LogP contribution is 2.20. The van der Waals surface area contributed by atoms with Crippen LogP contribution in [0.4, 0.5) is 0 Å². The lowest BCUT2D eigenvalue weighted by molar-refractivity contribution is 0.163. The molecule has 1 aliphatic carbocycles. The molecule has 1 nitrogen and oxygen atoms in total. The predicted molar refractivity (Wildman–Crippen MR) is 55.1 cm³/mol. The average molecular weight is 229 g/mol. The predicted octanol–water partition coefficient (Wildman–Crippen LogP) is 2.78. The maximum Gasteiger partial charge on any atom is 0.0994 e. The van der Waals surface area contributed by atoms with Crippen molar-refractivity contribution in [1.29, 1.82) is 0 Å². The summed E-state index contributed by atoms with van der Waals surface area (Å²) in [6.45, 7) is 3.84. The number of allylic oxidation sites excluding steroid dienone is 4. The zero-order chi connectivity index (χ0) is 9.19.